The molecule has 3 aromatic rings. The van der Waals surface area contributed by atoms with E-state index in [2.05, 4.69) is 27.9 Å². The molecule has 4 rings (SSSR count). The molecule has 0 unspecified atom stereocenters. The van der Waals surface area contributed by atoms with Gasteiger partial charge in [0.25, 0.3) is 0 Å². The number of benzene rings is 2. The van der Waals surface area contributed by atoms with Crippen LogP contribution < -0.4 is 20.2 Å². The Labute approximate surface area is 195 Å². The highest BCUT2D eigenvalue weighted by molar-refractivity contribution is 8.00. The number of amides is 1. The quantitative estimate of drug-likeness (QED) is 0.528. The van der Waals surface area contributed by atoms with Gasteiger partial charge in [-0.3, -0.25) is 4.79 Å². The number of hydrogen-bond acceptors (Lipinski definition) is 7. The number of aryl methyl sites for hydroxylation is 1. The number of thioether (sulfide) groups is 1. The summed E-state index contributed by atoms with van der Waals surface area (Å²) < 4.78 is 12.5. The number of anilines is 1. The first-order valence-corrected chi connectivity index (χ1v) is 11.5. The van der Waals surface area contributed by atoms with Crippen LogP contribution in [0, 0.1) is 0 Å². The van der Waals surface area contributed by atoms with Gasteiger partial charge >= 0.3 is 0 Å². The van der Waals surface area contributed by atoms with Crippen LogP contribution in [0.2, 0.25) is 5.02 Å². The predicted molar refractivity (Wildman–Crippen MR) is 125 cm³/mol. The number of aromatic nitrogens is 3. The number of ether oxygens (including phenoxy) is 2. The number of nitrogens with one attached hydrogen (secondary N) is 2. The smallest absolute Gasteiger partial charge is 0.240 e. The molecule has 1 amide bonds. The van der Waals surface area contributed by atoms with E-state index in [0.29, 0.717) is 27.4 Å². The molecule has 2 N–H and O–H groups in total. The Bertz CT molecular complexity index is 1120. The van der Waals surface area contributed by atoms with E-state index in [0.717, 1.165) is 24.2 Å². The summed E-state index contributed by atoms with van der Waals surface area (Å²) in [6.07, 6.45) is 1.70. The predicted octanol–water partition coefficient (Wildman–Crippen LogP) is 4.30. The Hall–Kier alpha value is -2.91. The summed E-state index contributed by atoms with van der Waals surface area (Å²) in [6.45, 7) is 2.09. The summed E-state index contributed by atoms with van der Waals surface area (Å²) in [5, 5.41) is 12.2. The summed E-state index contributed by atoms with van der Waals surface area (Å²) in [6, 6.07) is 12.4. The van der Waals surface area contributed by atoms with Crippen molar-refractivity contribution in [3.8, 4) is 11.5 Å². The van der Waals surface area contributed by atoms with Gasteiger partial charge in [0.1, 0.15) is 16.7 Å². The maximum absolute atomic E-state index is 13.4. The summed E-state index contributed by atoms with van der Waals surface area (Å²) >= 11 is 7.76. The lowest BCUT2D eigenvalue weighted by Gasteiger charge is -2.33. The molecule has 0 fully saturated rings. The van der Waals surface area contributed by atoms with Crippen molar-refractivity contribution in [2.75, 3.05) is 25.0 Å². The van der Waals surface area contributed by atoms with Crippen LogP contribution in [0.1, 0.15) is 30.8 Å². The monoisotopic (exact) mass is 473 g/mol. The average Bonchev–Trinajstić information content (AvgIpc) is 3.20. The molecule has 2 aromatic carbocycles. The first-order chi connectivity index (χ1) is 15.5. The van der Waals surface area contributed by atoms with Gasteiger partial charge in [-0.05, 0) is 36.2 Å². The normalized spacial score (nSPS) is 17.2. The molecule has 0 radical (unpaired) electrons. The number of fused-ring (bicyclic) bond motifs is 1. The van der Waals surface area contributed by atoms with Gasteiger partial charge in [0.2, 0.25) is 11.1 Å². The van der Waals surface area contributed by atoms with Gasteiger partial charge in [0.05, 0.1) is 31.0 Å². The van der Waals surface area contributed by atoms with Gasteiger partial charge in [-0.2, -0.15) is 0 Å². The van der Waals surface area contributed by atoms with Gasteiger partial charge in [0, 0.05) is 6.42 Å². The van der Waals surface area contributed by atoms with E-state index in [1.807, 2.05) is 28.9 Å². The van der Waals surface area contributed by atoms with E-state index in [1.54, 1.807) is 32.4 Å². The average molecular weight is 474 g/mol. The van der Waals surface area contributed by atoms with Crippen molar-refractivity contribution in [2.45, 2.75) is 36.2 Å². The zero-order valence-corrected chi connectivity index (χ0v) is 19.5. The Balaban J connectivity index is 1.70. The highest BCUT2D eigenvalue weighted by Gasteiger charge is 2.38. The zero-order chi connectivity index (χ0) is 22.7. The van der Waals surface area contributed by atoms with Crippen LogP contribution in [-0.4, -0.2) is 40.3 Å². The minimum Gasteiger partial charge on any atom is -0.495 e. The fourth-order valence-electron chi connectivity index (χ4n) is 3.56. The Morgan fingerprint density at radius 1 is 1.19 bits per heavy atom. The molecule has 0 saturated heterocycles. The molecule has 2 heterocycles. The minimum atomic E-state index is -0.532. The lowest BCUT2D eigenvalue weighted by atomic mass is 10.0. The van der Waals surface area contributed by atoms with Crippen LogP contribution in [0.3, 0.4) is 0 Å². The van der Waals surface area contributed by atoms with Gasteiger partial charge in [-0.1, -0.05) is 48.5 Å². The van der Waals surface area contributed by atoms with Gasteiger partial charge < -0.3 is 20.2 Å². The summed E-state index contributed by atoms with van der Waals surface area (Å²) in [5.41, 5.74) is 4.89. The van der Waals surface area contributed by atoms with Crippen molar-refractivity contribution in [1.82, 2.24) is 14.9 Å². The van der Waals surface area contributed by atoms with Crippen molar-refractivity contribution in [1.29, 1.82) is 0 Å². The zero-order valence-electron chi connectivity index (χ0n) is 18.0. The Kier molecular flexibility index (Phi) is 6.76. The number of carbonyl (C=O) groups is 1. The highest BCUT2D eigenvalue weighted by Crippen LogP contribution is 2.40. The maximum Gasteiger partial charge on any atom is 0.240 e. The molecule has 0 saturated carbocycles. The fraction of sp³-hybridized carbons (Fsp3) is 0.318. The van der Waals surface area contributed by atoms with E-state index in [4.69, 9.17) is 21.1 Å². The third-order valence-corrected chi connectivity index (χ3v) is 6.65. The standard InChI is InChI=1S/C22H24ClN5O3S/c1-4-7-18-25-26-22-28(18)27-19(13-10-11-16(30-2)14(23)12-13)20(32-22)21(29)24-15-8-5-6-9-17(15)31-3/h5-6,8-12,19-20,27H,4,7H2,1-3H3,(H,24,29)/t19-,20-/m1/s1. The van der Waals surface area contributed by atoms with Gasteiger partial charge in [-0.15, -0.1) is 10.2 Å². The Morgan fingerprint density at radius 2 is 1.97 bits per heavy atom. The van der Waals surface area contributed by atoms with Crippen molar-refractivity contribution in [3.05, 3.63) is 58.9 Å². The van der Waals surface area contributed by atoms with Crippen molar-refractivity contribution < 1.29 is 14.3 Å². The number of nitrogens with zero attached hydrogens (tertiary/aromatic N) is 3. The molecule has 168 valence electrons. The maximum atomic E-state index is 13.4. The minimum absolute atomic E-state index is 0.185. The van der Waals surface area contributed by atoms with Crippen LogP contribution >= 0.6 is 23.4 Å². The third kappa shape index (κ3) is 4.35. The summed E-state index contributed by atoms with van der Waals surface area (Å²) in [4.78, 5) is 13.4. The molecule has 0 bridgehead atoms. The van der Waals surface area contributed by atoms with E-state index in [9.17, 15) is 4.79 Å². The van der Waals surface area contributed by atoms with Crippen LogP contribution in [0.4, 0.5) is 5.69 Å². The lowest BCUT2D eigenvalue weighted by molar-refractivity contribution is -0.116. The first kappa shape index (κ1) is 22.3. The van der Waals surface area contributed by atoms with Crippen molar-refractivity contribution in [2.24, 2.45) is 0 Å². The molecule has 10 heteroatoms. The first-order valence-electron chi connectivity index (χ1n) is 10.2. The van der Waals surface area contributed by atoms with Crippen LogP contribution in [0.15, 0.2) is 47.6 Å². The topological polar surface area (TPSA) is 90.3 Å². The Morgan fingerprint density at radius 3 is 2.69 bits per heavy atom. The molecule has 2 atom stereocenters. The van der Waals surface area contributed by atoms with Gasteiger partial charge in [0.15, 0.2) is 5.82 Å². The number of carbonyl (C=O) groups excluding carboxylic acids is 1. The second kappa shape index (κ2) is 9.70. The molecule has 0 aliphatic carbocycles. The summed E-state index contributed by atoms with van der Waals surface area (Å²) in [5.74, 6) is 1.80. The van der Waals surface area contributed by atoms with Gasteiger partial charge in [-0.25, -0.2) is 4.68 Å². The molecule has 1 aliphatic rings. The van der Waals surface area contributed by atoms with Crippen LogP contribution in [0.25, 0.3) is 0 Å². The highest BCUT2D eigenvalue weighted by atomic mass is 35.5. The molecule has 1 aliphatic heterocycles. The third-order valence-electron chi connectivity index (χ3n) is 5.14. The second-order valence-corrected chi connectivity index (χ2v) is 8.73. The molecule has 0 spiro atoms. The lowest BCUT2D eigenvalue weighted by Crippen LogP contribution is -2.41. The molecule has 32 heavy (non-hydrogen) atoms. The van der Waals surface area contributed by atoms with Crippen molar-refractivity contribution in [3.63, 3.8) is 0 Å². The van der Waals surface area contributed by atoms with Crippen LogP contribution in [0.5, 0.6) is 11.5 Å². The van der Waals surface area contributed by atoms with E-state index in [1.165, 1.54) is 11.8 Å². The fourth-order valence-corrected chi connectivity index (χ4v) is 4.93. The second-order valence-electron chi connectivity index (χ2n) is 7.21. The van der Waals surface area contributed by atoms with Crippen LogP contribution in [-0.2, 0) is 11.2 Å². The number of rotatable bonds is 7. The number of halogens is 1. The SMILES string of the molecule is CCCc1nnc2n1N[C@H](c1ccc(OC)c(Cl)c1)[C@H](C(=O)Nc1ccccc1OC)S2. The number of methoxy groups -OCH3 is 2. The number of hydrogen-bond donors (Lipinski definition) is 2. The number of para-hydroxylation sites is 2. The van der Waals surface area contributed by atoms with E-state index < -0.39 is 5.25 Å². The molecular formula is C22H24ClN5O3S. The molecular weight excluding hydrogens is 450 g/mol. The van der Waals surface area contributed by atoms with E-state index in [-0.39, 0.29) is 11.9 Å². The molecule has 1 aromatic heterocycles. The van der Waals surface area contributed by atoms with Crippen molar-refractivity contribution >= 4 is 35.0 Å². The molecule has 8 nitrogen and oxygen atoms in total. The largest absolute Gasteiger partial charge is 0.495 e. The summed E-state index contributed by atoms with van der Waals surface area (Å²) in [7, 11) is 3.14. The van der Waals surface area contributed by atoms with E-state index >= 15 is 0 Å².